The van der Waals surface area contributed by atoms with E-state index in [1.165, 1.54) is 48.5 Å². The summed E-state index contributed by atoms with van der Waals surface area (Å²) in [4.78, 5) is 72.7. The topological polar surface area (TPSA) is 155 Å². The number of rotatable bonds is 4. The van der Waals surface area contributed by atoms with Gasteiger partial charge in [0, 0.05) is 24.3 Å². The van der Waals surface area contributed by atoms with Gasteiger partial charge in [-0.2, -0.15) is 0 Å². The summed E-state index contributed by atoms with van der Waals surface area (Å²) in [6.45, 7) is 0. The zero-order valence-corrected chi connectivity index (χ0v) is 21.4. The average Bonchev–Trinajstić information content (AvgIpc) is 3.34. The third kappa shape index (κ3) is 6.96. The molecule has 176 valence electrons. The van der Waals surface area contributed by atoms with E-state index in [1.807, 2.05) is 0 Å². The molecule has 2 aromatic rings. The van der Waals surface area contributed by atoms with Crippen LogP contribution >= 0.6 is 0 Å². The molecule has 35 heavy (non-hydrogen) atoms. The van der Waals surface area contributed by atoms with E-state index in [2.05, 4.69) is 9.88 Å². The number of carboxylic acid groups (broad SMARTS) is 2. The molecule has 11 heteroatoms. The second-order valence-electron chi connectivity index (χ2n) is 6.86. The van der Waals surface area contributed by atoms with Crippen molar-refractivity contribution in [2.75, 3.05) is 9.80 Å². The van der Waals surface area contributed by atoms with Gasteiger partial charge in [0.15, 0.2) is 0 Å². The number of carbonyl (C=O) groups is 6. The van der Waals surface area contributed by atoms with Gasteiger partial charge in [-0.05, 0) is 35.4 Å². The van der Waals surface area contributed by atoms with E-state index >= 15 is 0 Å². The Morgan fingerprint density at radius 1 is 0.571 bits per heavy atom. The van der Waals surface area contributed by atoms with Crippen molar-refractivity contribution in [3.63, 3.8) is 0 Å². The van der Waals surface area contributed by atoms with Crippen molar-refractivity contribution < 1.29 is 39.0 Å². The second-order valence-corrected chi connectivity index (χ2v) is 9.71. The van der Waals surface area contributed by atoms with Crippen molar-refractivity contribution in [2.45, 2.75) is 9.88 Å². The molecule has 2 aromatic carbocycles. The van der Waals surface area contributed by atoms with E-state index in [1.54, 1.807) is 0 Å². The summed E-state index contributed by atoms with van der Waals surface area (Å²) in [5, 5.41) is 21.0. The van der Waals surface area contributed by atoms with Gasteiger partial charge in [-0.1, -0.05) is 24.3 Å². The maximum atomic E-state index is 11.3. The summed E-state index contributed by atoms with van der Waals surface area (Å²) >= 11 is 0.230. The zero-order chi connectivity index (χ0) is 26.1. The Kier molecular flexibility index (Phi) is 9.64. The molecule has 2 heterocycles. The van der Waals surface area contributed by atoms with Gasteiger partial charge >= 0.3 is 31.0 Å². The van der Waals surface area contributed by atoms with Gasteiger partial charge in [0.25, 0.3) is 23.6 Å². The average molecular weight is 581 g/mol. The molecular weight excluding hydrogens is 563 g/mol. The molecule has 0 bridgehead atoms. The molecule has 0 unspecified atom stereocenters. The number of nitrogens with zero attached hydrogens (tertiary/aromatic N) is 2. The van der Waals surface area contributed by atoms with Crippen molar-refractivity contribution in [3.8, 4) is 0 Å². The van der Waals surface area contributed by atoms with Crippen LogP contribution in [0.4, 0.5) is 11.4 Å². The normalized spacial score (nSPS) is 13.7. The first-order valence-electron chi connectivity index (χ1n) is 9.94. The number of carbonyl (C=O) groups excluding carboxylic acids is 6. The van der Waals surface area contributed by atoms with Crippen molar-refractivity contribution in [1.29, 1.82) is 0 Å². The molecule has 2 aliphatic heterocycles. The summed E-state index contributed by atoms with van der Waals surface area (Å²) in [5.74, 6) is -4.36. The number of hydrogen-bond acceptors (Lipinski definition) is 8. The molecule has 0 aromatic heterocycles. The molecule has 4 rings (SSSR count). The SMILES string of the molecule is O=C([O-])c1ccc(N2C(=O)C=CC2=O)cc1.O=C([O-])c1ccc(N2C(=O)C=CC2=O)cc1.[CH3][Sn+2][CH3]. The third-order valence-corrected chi connectivity index (χ3v) is 4.34. The van der Waals surface area contributed by atoms with E-state index in [-0.39, 0.29) is 32.3 Å². The number of anilines is 2. The van der Waals surface area contributed by atoms with Crippen molar-refractivity contribution >= 4 is 68.1 Å². The summed E-state index contributed by atoms with van der Waals surface area (Å²) in [7, 11) is 0. The molecule has 10 nitrogen and oxygen atoms in total. The number of imide groups is 2. The summed E-state index contributed by atoms with van der Waals surface area (Å²) in [6, 6.07) is 10.7. The molecule has 0 fully saturated rings. The molecule has 2 aliphatic rings. The van der Waals surface area contributed by atoms with Gasteiger partial charge in [-0.3, -0.25) is 19.2 Å². The summed E-state index contributed by atoms with van der Waals surface area (Å²) in [5.41, 5.74) is 0.668. The number of benzene rings is 2. The van der Waals surface area contributed by atoms with Gasteiger partial charge in [0.1, 0.15) is 0 Å². The van der Waals surface area contributed by atoms with E-state index in [0.29, 0.717) is 11.4 Å². The Hall–Kier alpha value is -4.06. The Bertz CT molecular complexity index is 1090. The van der Waals surface area contributed by atoms with Crippen LogP contribution in [-0.4, -0.2) is 56.7 Å². The molecule has 0 radical (unpaired) electrons. The van der Waals surface area contributed by atoms with Gasteiger partial charge in [-0.15, -0.1) is 0 Å². The molecule has 0 atom stereocenters. The predicted octanol–water partition coefficient (Wildman–Crippen LogP) is -0.254. The Morgan fingerprint density at radius 2 is 0.800 bits per heavy atom. The Labute approximate surface area is 210 Å². The van der Waals surface area contributed by atoms with Crippen molar-refractivity contribution in [3.05, 3.63) is 84.0 Å². The molecule has 0 saturated heterocycles. The van der Waals surface area contributed by atoms with Crippen LogP contribution < -0.4 is 20.0 Å². The predicted molar refractivity (Wildman–Crippen MR) is 122 cm³/mol. The third-order valence-electron chi connectivity index (χ3n) is 4.34. The number of hydrogen-bond donors (Lipinski definition) is 0. The van der Waals surface area contributed by atoms with Gasteiger partial charge < -0.3 is 19.8 Å². The Balaban J connectivity index is 0.000000222. The van der Waals surface area contributed by atoms with Crippen LogP contribution in [0.3, 0.4) is 0 Å². The van der Waals surface area contributed by atoms with Crippen molar-refractivity contribution in [1.82, 2.24) is 0 Å². The first kappa shape index (κ1) is 27.2. The van der Waals surface area contributed by atoms with E-state index in [4.69, 9.17) is 0 Å². The van der Waals surface area contributed by atoms with E-state index in [0.717, 1.165) is 34.1 Å². The molecule has 0 aliphatic carbocycles. The minimum atomic E-state index is -1.30. The molecule has 0 N–H and O–H groups in total. The molecule has 0 saturated carbocycles. The van der Waals surface area contributed by atoms with Crippen LogP contribution in [0.2, 0.25) is 9.88 Å². The van der Waals surface area contributed by atoms with Crippen LogP contribution in [-0.2, 0) is 19.2 Å². The van der Waals surface area contributed by atoms with Crippen LogP contribution in [0.5, 0.6) is 0 Å². The second kappa shape index (κ2) is 12.4. The monoisotopic (exact) mass is 582 g/mol. The van der Waals surface area contributed by atoms with E-state index in [9.17, 15) is 39.0 Å². The van der Waals surface area contributed by atoms with Gasteiger partial charge in [0.05, 0.1) is 23.3 Å². The summed E-state index contributed by atoms with van der Waals surface area (Å²) in [6.07, 6.45) is 4.65. The standard InChI is InChI=1S/2C11H7NO4.2CH3.Sn/c2*13-9-5-6-10(14)12(9)8-3-1-7(2-4-8)11(15)16;;;/h2*1-6H,(H,15,16);2*1H3;/q;;;;+2/p-2. The van der Waals surface area contributed by atoms with Crippen molar-refractivity contribution in [2.24, 2.45) is 0 Å². The first-order chi connectivity index (χ1) is 16.6. The number of aromatic carboxylic acids is 2. The first-order valence-corrected chi connectivity index (χ1v) is 15.6. The minimum absolute atomic E-state index is 0.00389. The number of carboxylic acids is 2. The fourth-order valence-electron chi connectivity index (χ4n) is 2.80. The van der Waals surface area contributed by atoms with Gasteiger partial charge in [0.2, 0.25) is 0 Å². The molecular formula is C24H18N2O8Sn. The molecule has 4 amide bonds. The Morgan fingerprint density at radius 3 is 1.00 bits per heavy atom. The van der Waals surface area contributed by atoms with E-state index < -0.39 is 35.6 Å². The zero-order valence-electron chi connectivity index (χ0n) is 18.6. The quantitative estimate of drug-likeness (QED) is 0.354. The van der Waals surface area contributed by atoms with Crippen LogP contribution in [0, 0.1) is 0 Å². The fraction of sp³-hybridized carbons (Fsp3) is 0.0833. The van der Waals surface area contributed by atoms with Gasteiger partial charge in [-0.25, -0.2) is 9.80 Å². The van der Waals surface area contributed by atoms with Crippen LogP contribution in [0.15, 0.2) is 72.8 Å². The fourth-order valence-corrected chi connectivity index (χ4v) is 2.80. The number of amides is 4. The summed E-state index contributed by atoms with van der Waals surface area (Å²) < 4.78 is 0. The van der Waals surface area contributed by atoms with Crippen LogP contribution in [0.1, 0.15) is 20.7 Å². The van der Waals surface area contributed by atoms with Crippen LogP contribution in [0.25, 0.3) is 0 Å². The molecule has 0 spiro atoms. The maximum absolute atomic E-state index is 11.3.